The van der Waals surface area contributed by atoms with Crippen LogP contribution in [0.3, 0.4) is 0 Å². The van der Waals surface area contributed by atoms with Crippen LogP contribution in [0.15, 0.2) is 0 Å². The van der Waals surface area contributed by atoms with E-state index in [4.69, 9.17) is 29.5 Å². The van der Waals surface area contributed by atoms with Crippen molar-refractivity contribution in [1.82, 2.24) is 0 Å². The van der Waals surface area contributed by atoms with Crippen molar-refractivity contribution in [3.8, 4) is 0 Å². The molecule has 0 aliphatic rings. The van der Waals surface area contributed by atoms with Gasteiger partial charge in [-0.1, -0.05) is 0 Å². The lowest BCUT2D eigenvalue weighted by Crippen LogP contribution is -2.16. The van der Waals surface area contributed by atoms with Crippen LogP contribution in [0.1, 0.15) is 0 Å². The highest BCUT2D eigenvalue weighted by Crippen LogP contribution is 1.83. The van der Waals surface area contributed by atoms with Gasteiger partial charge in [-0.3, -0.25) is 0 Å². The fraction of sp³-hybridized carbons (Fsp3) is 1.00. The first-order chi connectivity index (χ1) is 7.77. The van der Waals surface area contributed by atoms with Crippen molar-refractivity contribution in [1.29, 1.82) is 0 Å². The van der Waals surface area contributed by atoms with E-state index >= 15 is 0 Å². The van der Waals surface area contributed by atoms with Crippen molar-refractivity contribution in [2.45, 2.75) is 6.48 Å². The van der Waals surface area contributed by atoms with Crippen LogP contribution >= 0.6 is 0 Å². The largest absolute Gasteiger partial charge is 0.394 e. The van der Waals surface area contributed by atoms with Gasteiger partial charge in [0.05, 0.1) is 52.9 Å². The second-order valence-electron chi connectivity index (χ2n) is 2.76. The first kappa shape index (κ1) is 15.7. The van der Waals surface area contributed by atoms with Crippen LogP contribution in [0.5, 0.6) is 0 Å². The lowest BCUT2D eigenvalue weighted by Gasteiger charge is -2.07. The second-order valence-corrected chi connectivity index (χ2v) is 2.76. The Hall–Kier alpha value is -0.280. The average Bonchev–Trinajstić information content (AvgIpc) is 2.25. The van der Waals surface area contributed by atoms with E-state index in [1.54, 1.807) is 0 Å². The zero-order valence-electron chi connectivity index (χ0n) is 9.21. The maximum absolute atomic E-state index is 8.40. The Morgan fingerprint density at radius 3 is 1.56 bits per heavy atom. The lowest BCUT2D eigenvalue weighted by atomic mass is 10.7. The van der Waals surface area contributed by atoms with Crippen molar-refractivity contribution in [3.63, 3.8) is 0 Å². The monoisotopic (exact) mass is 240 g/mol. The fourth-order valence-electron chi connectivity index (χ4n) is 0.819. The Labute approximate surface area is 94.5 Å². The smallest absolute Gasteiger partial charge is 0.266 e. The van der Waals surface area contributed by atoms with E-state index in [0.29, 0.717) is 33.0 Å². The summed E-state index contributed by atoms with van der Waals surface area (Å²) in [5.41, 5.74) is 0. The van der Waals surface area contributed by atoms with Crippen molar-refractivity contribution < 1.29 is 34.3 Å². The molecular weight excluding hydrogens is 220 g/mol. The van der Waals surface area contributed by atoms with Crippen LogP contribution < -0.4 is 0 Å². The van der Waals surface area contributed by atoms with Crippen molar-refractivity contribution in [3.05, 3.63) is 0 Å². The summed E-state index contributed by atoms with van der Waals surface area (Å²) in [4.78, 5) is 0. The summed E-state index contributed by atoms with van der Waals surface area (Å²) in [5, 5.41) is 25.0. The molecule has 3 N–H and O–H groups in total. The zero-order valence-corrected chi connectivity index (χ0v) is 9.21. The quantitative estimate of drug-likeness (QED) is 0.277. The molecule has 0 atom stereocenters. The number of hydrogen-bond acceptors (Lipinski definition) is 7. The molecule has 0 heterocycles. The molecule has 0 aromatic carbocycles. The van der Waals surface area contributed by atoms with E-state index in [2.05, 4.69) is 4.74 Å². The topological polar surface area (TPSA) is 97.6 Å². The van der Waals surface area contributed by atoms with Crippen LogP contribution in [0.2, 0.25) is 0 Å². The Balaban J connectivity index is 2.88. The van der Waals surface area contributed by atoms with Gasteiger partial charge >= 0.3 is 0 Å². The highest BCUT2D eigenvalue weighted by molar-refractivity contribution is 4.34. The molecule has 0 amide bonds. The van der Waals surface area contributed by atoms with Crippen LogP contribution in [0.25, 0.3) is 0 Å². The highest BCUT2D eigenvalue weighted by atomic mass is 16.7. The summed E-state index contributed by atoms with van der Waals surface area (Å²) >= 11 is 0. The Morgan fingerprint density at radius 1 is 0.688 bits per heavy atom. The van der Waals surface area contributed by atoms with Gasteiger partial charge in [-0.25, -0.2) is 0 Å². The van der Waals surface area contributed by atoms with Crippen LogP contribution in [-0.4, -0.2) is 74.7 Å². The van der Waals surface area contributed by atoms with E-state index < -0.39 is 6.48 Å². The minimum atomic E-state index is -1.75. The summed E-state index contributed by atoms with van der Waals surface area (Å²) in [6, 6.07) is 0. The van der Waals surface area contributed by atoms with Gasteiger partial charge in [0, 0.05) is 0 Å². The van der Waals surface area contributed by atoms with E-state index in [9.17, 15) is 0 Å². The van der Waals surface area contributed by atoms with Gasteiger partial charge in [0.1, 0.15) is 0 Å². The third-order valence-electron chi connectivity index (χ3n) is 1.47. The molecule has 0 saturated carbocycles. The molecule has 0 radical (unpaired) electrons. The number of aliphatic hydroxyl groups excluding tert-OH is 2. The molecule has 0 rings (SSSR count). The van der Waals surface area contributed by atoms with Crippen LogP contribution in [0.4, 0.5) is 0 Å². The predicted molar refractivity (Wildman–Crippen MR) is 53.7 cm³/mol. The van der Waals surface area contributed by atoms with Crippen molar-refractivity contribution in [2.75, 3.05) is 52.9 Å². The first-order valence-corrected chi connectivity index (χ1v) is 5.09. The summed E-state index contributed by atoms with van der Waals surface area (Å²) in [6.45, 7) is 0.730. The molecule has 0 aliphatic heterocycles. The Bertz CT molecular complexity index is 131. The molecule has 7 nitrogen and oxygen atoms in total. The molecule has 0 spiro atoms. The van der Waals surface area contributed by atoms with E-state index in [1.165, 1.54) is 0 Å². The van der Waals surface area contributed by atoms with Gasteiger partial charge in [-0.05, 0) is 0 Å². The molecule has 0 fully saturated rings. The second kappa shape index (κ2) is 12.8. The van der Waals surface area contributed by atoms with Gasteiger partial charge in [-0.2, -0.15) is 0 Å². The maximum atomic E-state index is 8.40. The summed E-state index contributed by atoms with van der Waals surface area (Å²) in [6.07, 6.45) is 0. The van der Waals surface area contributed by atoms with E-state index in [1.807, 2.05) is 0 Å². The molecular formula is C9H20O7. The maximum Gasteiger partial charge on any atom is 0.266 e. The molecule has 0 saturated heterocycles. The highest BCUT2D eigenvalue weighted by Gasteiger charge is 1.95. The van der Waals surface area contributed by atoms with Gasteiger partial charge in [-0.15, -0.1) is 0 Å². The van der Waals surface area contributed by atoms with E-state index in [-0.39, 0.29) is 19.8 Å². The van der Waals surface area contributed by atoms with Crippen LogP contribution in [-0.2, 0) is 18.9 Å². The van der Waals surface area contributed by atoms with Gasteiger partial charge in [0.25, 0.3) is 6.48 Å². The molecule has 0 aliphatic carbocycles. The lowest BCUT2D eigenvalue weighted by molar-refractivity contribution is -0.238. The van der Waals surface area contributed by atoms with Crippen LogP contribution in [0, 0.1) is 0 Å². The molecule has 16 heavy (non-hydrogen) atoms. The zero-order chi connectivity index (χ0) is 12.1. The molecule has 0 unspecified atom stereocenters. The minimum Gasteiger partial charge on any atom is -0.394 e. The molecule has 98 valence electrons. The minimum absolute atomic E-state index is 0.0137. The van der Waals surface area contributed by atoms with Crippen molar-refractivity contribution in [2.24, 2.45) is 0 Å². The Kier molecular flexibility index (Phi) is 12.6. The fourth-order valence-corrected chi connectivity index (χ4v) is 0.819. The summed E-state index contributed by atoms with van der Waals surface area (Å²) < 4.78 is 19.6. The van der Waals surface area contributed by atoms with E-state index in [0.717, 1.165) is 0 Å². The van der Waals surface area contributed by atoms with Gasteiger partial charge in [0.2, 0.25) is 0 Å². The number of hydrogen-bond donors (Lipinski definition) is 3. The first-order valence-electron chi connectivity index (χ1n) is 5.09. The standard InChI is InChI=1S/C9H20O7/c10-1-2-13-3-4-14-5-6-15-7-8-16-9(11)12/h9-12H,1-8H2. The number of aliphatic hydroxyl groups is 3. The number of ether oxygens (including phenoxy) is 4. The predicted octanol–water partition coefficient (Wildman–Crippen LogP) is -1.69. The van der Waals surface area contributed by atoms with Gasteiger partial charge in [0.15, 0.2) is 0 Å². The van der Waals surface area contributed by atoms with Gasteiger partial charge < -0.3 is 34.3 Å². The normalized spacial score (nSPS) is 11.2. The number of rotatable bonds is 12. The molecule has 0 aromatic heterocycles. The average molecular weight is 240 g/mol. The third-order valence-corrected chi connectivity index (χ3v) is 1.47. The third kappa shape index (κ3) is 13.7. The molecule has 0 aromatic rings. The SMILES string of the molecule is OCCOCCOCCOCCOC(O)O. The van der Waals surface area contributed by atoms with Crippen molar-refractivity contribution >= 4 is 0 Å². The summed E-state index contributed by atoms with van der Waals surface area (Å²) in [7, 11) is 0. The Morgan fingerprint density at radius 2 is 1.12 bits per heavy atom. The molecule has 0 bridgehead atoms. The molecule has 7 heteroatoms. The summed E-state index contributed by atoms with van der Waals surface area (Å²) in [5.74, 6) is 0.